The van der Waals surface area contributed by atoms with E-state index in [9.17, 15) is 0 Å². The van der Waals surface area contributed by atoms with Crippen LogP contribution in [0.1, 0.15) is 23.1 Å². The molecule has 0 aliphatic heterocycles. The van der Waals surface area contributed by atoms with E-state index in [4.69, 9.17) is 10.5 Å². The van der Waals surface area contributed by atoms with Gasteiger partial charge < -0.3 is 10.5 Å². The number of nitrogens with two attached hydrogens (primary N) is 1. The van der Waals surface area contributed by atoms with Crippen molar-refractivity contribution in [3.8, 4) is 5.75 Å². The second kappa shape index (κ2) is 5.45. The van der Waals surface area contributed by atoms with E-state index in [-0.39, 0.29) is 0 Å². The quantitative estimate of drug-likeness (QED) is 0.912. The number of fused-ring (bicyclic) bond motifs is 1. The smallest absolute Gasteiger partial charge is 0.123 e. The Morgan fingerprint density at radius 2 is 1.89 bits per heavy atom. The molecule has 0 radical (unpaired) electrons. The van der Waals surface area contributed by atoms with Gasteiger partial charge in [0.25, 0.3) is 0 Å². The number of ether oxygens (including phenoxy) is 1. The second-order valence-electron chi connectivity index (χ2n) is 5.17. The Balaban J connectivity index is 1.77. The highest BCUT2D eigenvalue weighted by Gasteiger charge is 2.18. The maximum Gasteiger partial charge on any atom is 0.123 e. The van der Waals surface area contributed by atoms with Crippen molar-refractivity contribution in [3.05, 3.63) is 65.2 Å². The van der Waals surface area contributed by atoms with E-state index in [0.717, 1.165) is 25.0 Å². The lowest BCUT2D eigenvalue weighted by atomic mass is 9.88. The molecule has 0 unspecified atom stereocenters. The third-order valence-electron chi connectivity index (χ3n) is 3.71. The van der Waals surface area contributed by atoms with Crippen LogP contribution in [0.4, 0.5) is 0 Å². The van der Waals surface area contributed by atoms with Crippen LogP contribution >= 0.6 is 0 Å². The first kappa shape index (κ1) is 12.2. The topological polar surface area (TPSA) is 35.2 Å². The van der Waals surface area contributed by atoms with Crippen LogP contribution in [-0.4, -0.2) is 6.04 Å². The summed E-state index contributed by atoms with van der Waals surface area (Å²) in [6, 6.07) is 16.9. The monoisotopic (exact) mass is 253 g/mol. The average Bonchev–Trinajstić information content (AvgIpc) is 2.45. The highest BCUT2D eigenvalue weighted by atomic mass is 16.5. The van der Waals surface area contributed by atoms with Crippen molar-refractivity contribution >= 4 is 0 Å². The molecule has 19 heavy (non-hydrogen) atoms. The van der Waals surface area contributed by atoms with Crippen molar-refractivity contribution in [1.82, 2.24) is 0 Å². The minimum absolute atomic E-state index is 0.303. The largest absolute Gasteiger partial charge is 0.489 e. The fraction of sp³-hybridized carbons (Fsp3) is 0.294. The third kappa shape index (κ3) is 2.79. The molecule has 2 heteroatoms. The molecular weight excluding hydrogens is 234 g/mol. The third-order valence-corrected chi connectivity index (χ3v) is 3.71. The van der Waals surface area contributed by atoms with E-state index in [1.165, 1.54) is 16.7 Å². The summed E-state index contributed by atoms with van der Waals surface area (Å²) >= 11 is 0. The van der Waals surface area contributed by atoms with Gasteiger partial charge in [-0.3, -0.25) is 0 Å². The van der Waals surface area contributed by atoms with Crippen molar-refractivity contribution in [3.63, 3.8) is 0 Å². The van der Waals surface area contributed by atoms with Crippen molar-refractivity contribution < 1.29 is 4.74 Å². The summed E-state index contributed by atoms with van der Waals surface area (Å²) in [6.45, 7) is 0.628. The van der Waals surface area contributed by atoms with E-state index >= 15 is 0 Å². The summed E-state index contributed by atoms with van der Waals surface area (Å²) < 4.78 is 5.98. The van der Waals surface area contributed by atoms with Gasteiger partial charge in [0.2, 0.25) is 0 Å². The van der Waals surface area contributed by atoms with E-state index in [2.05, 4.69) is 30.3 Å². The highest BCUT2D eigenvalue weighted by Crippen LogP contribution is 2.29. The zero-order valence-corrected chi connectivity index (χ0v) is 11.0. The SMILES string of the molecule is N[C@@H]1CCc2c(cccc2OCc2ccccc2)C1. The Morgan fingerprint density at radius 3 is 2.74 bits per heavy atom. The predicted molar refractivity (Wildman–Crippen MR) is 77.2 cm³/mol. The van der Waals surface area contributed by atoms with Crippen LogP contribution in [-0.2, 0) is 19.4 Å². The van der Waals surface area contributed by atoms with Gasteiger partial charge in [-0.05, 0) is 42.0 Å². The molecule has 3 rings (SSSR count). The minimum Gasteiger partial charge on any atom is -0.489 e. The van der Waals surface area contributed by atoms with Gasteiger partial charge in [0.1, 0.15) is 12.4 Å². The summed E-state index contributed by atoms with van der Waals surface area (Å²) in [6.07, 6.45) is 3.05. The fourth-order valence-corrected chi connectivity index (χ4v) is 2.67. The maximum atomic E-state index is 6.02. The number of hydrogen-bond acceptors (Lipinski definition) is 2. The number of hydrogen-bond donors (Lipinski definition) is 1. The molecule has 1 aliphatic carbocycles. The van der Waals surface area contributed by atoms with Gasteiger partial charge >= 0.3 is 0 Å². The van der Waals surface area contributed by atoms with E-state index in [1.54, 1.807) is 0 Å². The molecule has 1 atom stereocenters. The van der Waals surface area contributed by atoms with E-state index < -0.39 is 0 Å². The molecule has 2 nitrogen and oxygen atoms in total. The molecule has 0 aromatic heterocycles. The molecule has 0 saturated carbocycles. The van der Waals surface area contributed by atoms with Gasteiger partial charge in [-0.2, -0.15) is 0 Å². The molecule has 2 N–H and O–H groups in total. The second-order valence-corrected chi connectivity index (χ2v) is 5.17. The molecular formula is C17H19NO. The van der Waals surface area contributed by atoms with Crippen molar-refractivity contribution in [2.75, 3.05) is 0 Å². The molecule has 0 bridgehead atoms. The standard InChI is InChI=1S/C17H19NO/c18-15-9-10-16-14(11-15)7-4-8-17(16)19-12-13-5-2-1-3-6-13/h1-8,15H,9-12,18H2/t15-/m1/s1. The fourth-order valence-electron chi connectivity index (χ4n) is 2.67. The molecule has 2 aromatic carbocycles. The lowest BCUT2D eigenvalue weighted by Gasteiger charge is -2.23. The molecule has 0 heterocycles. The predicted octanol–water partition coefficient (Wildman–Crippen LogP) is 3.08. The highest BCUT2D eigenvalue weighted by molar-refractivity contribution is 5.42. The number of rotatable bonds is 3. The first-order chi connectivity index (χ1) is 9.33. The summed E-state index contributed by atoms with van der Waals surface area (Å²) in [4.78, 5) is 0. The summed E-state index contributed by atoms with van der Waals surface area (Å²) in [5.41, 5.74) is 9.92. The van der Waals surface area contributed by atoms with Crippen molar-refractivity contribution in [2.45, 2.75) is 31.9 Å². The summed E-state index contributed by atoms with van der Waals surface area (Å²) in [5.74, 6) is 1.02. The molecule has 98 valence electrons. The Morgan fingerprint density at radius 1 is 1.05 bits per heavy atom. The zero-order chi connectivity index (χ0) is 13.1. The molecule has 2 aromatic rings. The van der Waals surface area contributed by atoms with Crippen LogP contribution in [0.5, 0.6) is 5.75 Å². The normalized spacial score (nSPS) is 17.8. The van der Waals surface area contributed by atoms with Crippen LogP contribution in [0.25, 0.3) is 0 Å². The van der Waals surface area contributed by atoms with Gasteiger partial charge in [-0.1, -0.05) is 42.5 Å². The molecule has 0 fully saturated rings. The first-order valence-corrected chi connectivity index (χ1v) is 6.86. The lowest BCUT2D eigenvalue weighted by Crippen LogP contribution is -2.28. The molecule has 0 amide bonds. The van der Waals surface area contributed by atoms with Crippen LogP contribution in [0.15, 0.2) is 48.5 Å². The van der Waals surface area contributed by atoms with Crippen molar-refractivity contribution in [1.29, 1.82) is 0 Å². The Kier molecular flexibility index (Phi) is 3.51. The Labute approximate surface area is 114 Å². The lowest BCUT2D eigenvalue weighted by molar-refractivity contribution is 0.301. The average molecular weight is 253 g/mol. The van der Waals surface area contributed by atoms with Gasteiger partial charge in [0, 0.05) is 6.04 Å². The minimum atomic E-state index is 0.303. The molecule has 1 aliphatic rings. The first-order valence-electron chi connectivity index (χ1n) is 6.86. The van der Waals surface area contributed by atoms with Gasteiger partial charge in [-0.15, -0.1) is 0 Å². The van der Waals surface area contributed by atoms with Gasteiger partial charge in [-0.25, -0.2) is 0 Å². The summed E-state index contributed by atoms with van der Waals surface area (Å²) in [5, 5.41) is 0. The van der Waals surface area contributed by atoms with Gasteiger partial charge in [0.15, 0.2) is 0 Å². The number of benzene rings is 2. The van der Waals surface area contributed by atoms with Gasteiger partial charge in [0.05, 0.1) is 0 Å². The van der Waals surface area contributed by atoms with Crippen LogP contribution < -0.4 is 10.5 Å². The molecule has 0 spiro atoms. The van der Waals surface area contributed by atoms with Crippen LogP contribution in [0, 0.1) is 0 Å². The maximum absolute atomic E-state index is 6.02. The van der Waals surface area contributed by atoms with Crippen LogP contribution in [0.2, 0.25) is 0 Å². The Bertz CT molecular complexity index is 550. The summed E-state index contributed by atoms with van der Waals surface area (Å²) in [7, 11) is 0. The van der Waals surface area contributed by atoms with Crippen LogP contribution in [0.3, 0.4) is 0 Å². The molecule has 0 saturated heterocycles. The Hall–Kier alpha value is -1.80. The zero-order valence-electron chi connectivity index (χ0n) is 11.0. The van der Waals surface area contributed by atoms with Crippen molar-refractivity contribution in [2.24, 2.45) is 5.73 Å². The van der Waals surface area contributed by atoms with E-state index in [0.29, 0.717) is 12.6 Å². The van der Waals surface area contributed by atoms with E-state index in [1.807, 2.05) is 18.2 Å².